The van der Waals surface area contributed by atoms with Crippen LogP contribution in [0, 0.1) is 0 Å². The molecule has 6 nitrogen and oxygen atoms in total. The number of nitrogens with one attached hydrogen (secondary N) is 1. The van der Waals surface area contributed by atoms with Crippen LogP contribution < -0.4 is 11.1 Å². The number of benzene rings is 1. The van der Waals surface area contributed by atoms with Crippen LogP contribution in [-0.4, -0.2) is 26.7 Å². The van der Waals surface area contributed by atoms with Crippen molar-refractivity contribution in [3.05, 3.63) is 48.5 Å². The van der Waals surface area contributed by atoms with Crippen molar-refractivity contribution in [2.24, 2.45) is 5.73 Å². The third-order valence-electron chi connectivity index (χ3n) is 2.64. The van der Waals surface area contributed by atoms with E-state index in [0.717, 1.165) is 0 Å². The Bertz CT molecular complexity index is 611. The third-order valence-corrected chi connectivity index (χ3v) is 2.87. The highest BCUT2D eigenvalue weighted by Gasteiger charge is 2.15. The first-order valence-corrected chi connectivity index (χ1v) is 6.31. The maximum Gasteiger partial charge on any atom is 0.241 e. The monoisotopic (exact) mass is 291 g/mol. The Labute approximate surface area is 121 Å². The summed E-state index contributed by atoms with van der Waals surface area (Å²) >= 11 is 5.96. The van der Waals surface area contributed by atoms with Gasteiger partial charge >= 0.3 is 0 Å². The van der Waals surface area contributed by atoms with Crippen LogP contribution in [0.5, 0.6) is 0 Å². The number of hydrogen-bond donors (Lipinski definition) is 2. The number of halogens is 1. The number of nitrogens with zero attached hydrogens (tertiary/aromatic N) is 3. The molecule has 2 aromatic rings. The normalized spacial score (nSPS) is 11.9. The van der Waals surface area contributed by atoms with Gasteiger partial charge in [-0.25, -0.2) is 9.67 Å². The van der Waals surface area contributed by atoms with Crippen LogP contribution in [0.15, 0.2) is 43.5 Å². The summed E-state index contributed by atoms with van der Waals surface area (Å²) in [6.07, 6.45) is 4.93. The Morgan fingerprint density at radius 3 is 3.05 bits per heavy atom. The summed E-state index contributed by atoms with van der Waals surface area (Å²) in [5, 5.41) is 7.27. The van der Waals surface area contributed by atoms with Crippen molar-refractivity contribution in [3.63, 3.8) is 0 Å². The number of aromatic nitrogens is 3. The lowest BCUT2D eigenvalue weighted by Crippen LogP contribution is -2.35. The molecule has 0 spiro atoms. The molecule has 1 unspecified atom stereocenters. The molecule has 7 heteroatoms. The zero-order chi connectivity index (χ0) is 14.5. The highest BCUT2D eigenvalue weighted by Crippen LogP contribution is 2.24. The van der Waals surface area contributed by atoms with Gasteiger partial charge in [0.25, 0.3) is 0 Å². The van der Waals surface area contributed by atoms with E-state index >= 15 is 0 Å². The molecule has 1 aromatic heterocycles. The van der Waals surface area contributed by atoms with E-state index in [-0.39, 0.29) is 5.91 Å². The van der Waals surface area contributed by atoms with E-state index in [1.54, 1.807) is 24.3 Å². The van der Waals surface area contributed by atoms with Crippen molar-refractivity contribution < 1.29 is 4.79 Å². The molecule has 0 aliphatic heterocycles. The minimum atomic E-state index is -0.657. The van der Waals surface area contributed by atoms with Gasteiger partial charge in [-0.15, -0.1) is 6.58 Å². The van der Waals surface area contributed by atoms with E-state index in [0.29, 0.717) is 22.8 Å². The summed E-state index contributed by atoms with van der Waals surface area (Å²) in [7, 11) is 0. The molecule has 0 aliphatic carbocycles. The van der Waals surface area contributed by atoms with Gasteiger partial charge in [-0.3, -0.25) is 4.79 Å². The molecular weight excluding hydrogens is 278 g/mol. The van der Waals surface area contributed by atoms with Crippen LogP contribution in [0.2, 0.25) is 5.02 Å². The molecule has 1 aromatic carbocycles. The van der Waals surface area contributed by atoms with Crippen molar-refractivity contribution in [3.8, 4) is 5.69 Å². The Morgan fingerprint density at radius 2 is 2.40 bits per heavy atom. The number of carbonyl (C=O) groups excluding carboxylic acids is 1. The number of amides is 1. The smallest absolute Gasteiger partial charge is 0.241 e. The van der Waals surface area contributed by atoms with Crippen molar-refractivity contribution in [1.29, 1.82) is 0 Å². The van der Waals surface area contributed by atoms with Gasteiger partial charge in [0.2, 0.25) is 5.91 Å². The first kappa shape index (κ1) is 14.2. The van der Waals surface area contributed by atoms with Crippen LogP contribution in [0.1, 0.15) is 6.42 Å². The lowest BCUT2D eigenvalue weighted by molar-refractivity contribution is -0.117. The lowest BCUT2D eigenvalue weighted by atomic mass is 10.2. The van der Waals surface area contributed by atoms with Crippen LogP contribution >= 0.6 is 11.6 Å². The molecule has 3 N–H and O–H groups in total. The maximum absolute atomic E-state index is 12.0. The summed E-state index contributed by atoms with van der Waals surface area (Å²) in [6.45, 7) is 3.56. The number of nitrogens with two attached hydrogens (primary N) is 1. The van der Waals surface area contributed by atoms with Crippen LogP contribution in [0.3, 0.4) is 0 Å². The van der Waals surface area contributed by atoms with Gasteiger partial charge in [-0.2, -0.15) is 5.10 Å². The molecule has 104 valence electrons. The van der Waals surface area contributed by atoms with E-state index in [4.69, 9.17) is 17.3 Å². The molecule has 1 amide bonds. The molecule has 0 saturated carbocycles. The van der Waals surface area contributed by atoms with Gasteiger partial charge in [0, 0.05) is 5.02 Å². The Balaban J connectivity index is 2.29. The molecule has 0 bridgehead atoms. The quantitative estimate of drug-likeness (QED) is 0.822. The fourth-order valence-corrected chi connectivity index (χ4v) is 1.82. The topological polar surface area (TPSA) is 85.8 Å². The lowest BCUT2D eigenvalue weighted by Gasteiger charge is -2.14. The van der Waals surface area contributed by atoms with Crippen molar-refractivity contribution in [1.82, 2.24) is 14.8 Å². The maximum atomic E-state index is 12.0. The highest BCUT2D eigenvalue weighted by atomic mass is 35.5. The summed E-state index contributed by atoms with van der Waals surface area (Å²) < 4.78 is 1.53. The predicted octanol–water partition coefficient (Wildman–Crippen LogP) is 1.76. The van der Waals surface area contributed by atoms with Gasteiger partial charge in [-0.05, 0) is 24.6 Å². The molecule has 0 aliphatic rings. The summed E-state index contributed by atoms with van der Waals surface area (Å²) in [4.78, 5) is 15.8. The van der Waals surface area contributed by atoms with Gasteiger partial charge < -0.3 is 11.1 Å². The zero-order valence-corrected chi connectivity index (χ0v) is 11.4. The van der Waals surface area contributed by atoms with Gasteiger partial charge in [-0.1, -0.05) is 17.7 Å². The molecule has 2 rings (SSSR count). The molecular formula is C13H14ClN5O. The molecule has 20 heavy (non-hydrogen) atoms. The fraction of sp³-hybridized carbons (Fsp3) is 0.154. The Hall–Kier alpha value is -2.18. The number of carbonyl (C=O) groups is 1. The van der Waals surface area contributed by atoms with Gasteiger partial charge in [0.05, 0.1) is 17.4 Å². The number of anilines is 1. The minimum absolute atomic E-state index is 0.312. The van der Waals surface area contributed by atoms with Crippen LogP contribution in [-0.2, 0) is 4.79 Å². The summed E-state index contributed by atoms with van der Waals surface area (Å²) in [5.41, 5.74) is 6.91. The molecule has 0 radical (unpaired) electrons. The van der Waals surface area contributed by atoms with Crippen LogP contribution in [0.4, 0.5) is 5.69 Å². The van der Waals surface area contributed by atoms with E-state index in [1.165, 1.54) is 17.3 Å². The summed E-state index contributed by atoms with van der Waals surface area (Å²) in [6, 6.07) is 4.43. The standard InChI is InChI=1S/C13H14ClN5O/c1-2-3-10(15)13(20)18-11-6-9(14)4-5-12(11)19-8-16-7-17-19/h2,4-8,10H,1,3,15H2,(H,18,20). The number of hydrogen-bond acceptors (Lipinski definition) is 4. The van der Waals surface area contributed by atoms with E-state index in [1.807, 2.05) is 0 Å². The fourth-order valence-electron chi connectivity index (χ4n) is 1.65. The highest BCUT2D eigenvalue weighted by molar-refractivity contribution is 6.31. The average molecular weight is 292 g/mol. The molecule has 1 heterocycles. The second-order valence-corrected chi connectivity index (χ2v) is 4.56. The number of rotatable bonds is 5. The van der Waals surface area contributed by atoms with Gasteiger partial charge in [0.1, 0.15) is 12.7 Å². The van der Waals surface area contributed by atoms with E-state index in [2.05, 4.69) is 22.0 Å². The largest absolute Gasteiger partial charge is 0.323 e. The molecule has 1 atom stereocenters. The third kappa shape index (κ3) is 3.23. The molecule has 0 saturated heterocycles. The summed E-state index contributed by atoms with van der Waals surface area (Å²) in [5.74, 6) is -0.312. The SMILES string of the molecule is C=CCC(N)C(=O)Nc1cc(Cl)ccc1-n1cncn1. The van der Waals surface area contributed by atoms with Crippen molar-refractivity contribution in [2.75, 3.05) is 5.32 Å². The Morgan fingerprint density at radius 1 is 1.60 bits per heavy atom. The molecule has 0 fully saturated rings. The second kappa shape index (κ2) is 6.31. The first-order valence-electron chi connectivity index (χ1n) is 5.93. The second-order valence-electron chi connectivity index (χ2n) is 4.12. The van der Waals surface area contributed by atoms with Crippen molar-refractivity contribution in [2.45, 2.75) is 12.5 Å². The minimum Gasteiger partial charge on any atom is -0.323 e. The van der Waals surface area contributed by atoms with E-state index < -0.39 is 6.04 Å². The zero-order valence-electron chi connectivity index (χ0n) is 10.7. The Kier molecular flexibility index (Phi) is 4.49. The average Bonchev–Trinajstić information content (AvgIpc) is 2.93. The predicted molar refractivity (Wildman–Crippen MR) is 77.8 cm³/mol. The van der Waals surface area contributed by atoms with Crippen LogP contribution in [0.25, 0.3) is 5.69 Å². The van der Waals surface area contributed by atoms with Gasteiger partial charge in [0.15, 0.2) is 0 Å². The van der Waals surface area contributed by atoms with Crippen molar-refractivity contribution >= 4 is 23.2 Å². The first-order chi connectivity index (χ1) is 9.61. The van der Waals surface area contributed by atoms with E-state index in [9.17, 15) is 4.79 Å².